The number of nitrogens with two attached hydrogens (primary N) is 1. The summed E-state index contributed by atoms with van der Waals surface area (Å²) >= 11 is 0. The van der Waals surface area contributed by atoms with Crippen LogP contribution in [0.3, 0.4) is 0 Å². The van der Waals surface area contributed by atoms with Gasteiger partial charge in [-0.05, 0) is 31.0 Å². The number of benzene rings is 1. The number of aromatic nitrogens is 4. The lowest BCUT2D eigenvalue weighted by atomic mass is 10.0. The van der Waals surface area contributed by atoms with Gasteiger partial charge in [-0.3, -0.25) is 9.59 Å². The number of nitrogen functional groups attached to an aromatic ring is 1. The monoisotopic (exact) mass is 438 g/mol. The minimum Gasteiger partial charge on any atom is -0.496 e. The van der Waals surface area contributed by atoms with Crippen molar-refractivity contribution >= 4 is 18.2 Å². The van der Waals surface area contributed by atoms with Crippen molar-refractivity contribution in [3.63, 3.8) is 0 Å². The molecule has 32 heavy (non-hydrogen) atoms. The molecular formula is C22H26N6O4. The molecule has 10 nitrogen and oxygen atoms in total. The number of carbonyl (C=O) groups is 2. The van der Waals surface area contributed by atoms with E-state index in [4.69, 9.17) is 20.4 Å². The first-order valence-corrected chi connectivity index (χ1v) is 10.1. The first-order valence-electron chi connectivity index (χ1n) is 10.1. The number of anilines is 1. The van der Waals surface area contributed by atoms with Gasteiger partial charge in [-0.25, -0.2) is 15.0 Å². The average molecular weight is 438 g/mol. The molecule has 3 N–H and O–H groups in total. The largest absolute Gasteiger partial charge is 0.496 e. The zero-order valence-electron chi connectivity index (χ0n) is 18.0. The van der Waals surface area contributed by atoms with E-state index in [1.54, 1.807) is 20.1 Å². The molecule has 3 aromatic rings. The molecule has 3 heterocycles. The van der Waals surface area contributed by atoms with Gasteiger partial charge in [0, 0.05) is 55.6 Å². The van der Waals surface area contributed by atoms with Crippen molar-refractivity contribution in [3.05, 3.63) is 43.0 Å². The highest BCUT2D eigenvalue weighted by Gasteiger charge is 2.24. The van der Waals surface area contributed by atoms with Gasteiger partial charge in [0.2, 0.25) is 5.91 Å². The van der Waals surface area contributed by atoms with Gasteiger partial charge in [-0.15, -0.1) is 0 Å². The number of carbonyl (C=O) groups excluding carboxylic acids is 1. The topological polar surface area (TPSA) is 136 Å². The average Bonchev–Trinajstić information content (AvgIpc) is 3.29. The Balaban J connectivity index is 0.000000913. The lowest BCUT2D eigenvalue weighted by Crippen LogP contribution is -2.37. The van der Waals surface area contributed by atoms with Crippen molar-refractivity contribution in [3.8, 4) is 28.4 Å². The fourth-order valence-electron chi connectivity index (χ4n) is 3.86. The van der Waals surface area contributed by atoms with E-state index in [1.165, 1.54) is 6.33 Å². The number of carboxylic acid groups (broad SMARTS) is 1. The van der Waals surface area contributed by atoms with Gasteiger partial charge < -0.3 is 25.0 Å². The van der Waals surface area contributed by atoms with E-state index in [-0.39, 0.29) is 12.4 Å². The van der Waals surface area contributed by atoms with Gasteiger partial charge in [-0.1, -0.05) is 0 Å². The third-order valence-electron chi connectivity index (χ3n) is 5.39. The van der Waals surface area contributed by atoms with Crippen LogP contribution in [0.15, 0.2) is 43.0 Å². The highest BCUT2D eigenvalue weighted by atomic mass is 16.5. The predicted molar refractivity (Wildman–Crippen MR) is 119 cm³/mol. The molecule has 0 atom stereocenters. The number of ether oxygens (including phenoxy) is 1. The number of nitrogens with zero attached hydrogens (tertiary/aromatic N) is 5. The Labute approximate surface area is 185 Å². The van der Waals surface area contributed by atoms with Gasteiger partial charge in [0.05, 0.1) is 12.8 Å². The lowest BCUT2D eigenvalue weighted by molar-refractivity contribution is -0.130. The fraction of sp³-hybridized carbons (Fsp3) is 0.318. The molecule has 1 saturated heterocycles. The molecule has 0 unspecified atom stereocenters. The van der Waals surface area contributed by atoms with Crippen LogP contribution in [0, 0.1) is 0 Å². The predicted octanol–water partition coefficient (Wildman–Crippen LogP) is 2.48. The third kappa shape index (κ3) is 5.02. The first-order chi connectivity index (χ1) is 15.5. The number of hydrogen-bond acceptors (Lipinski definition) is 7. The number of methoxy groups -OCH3 is 1. The SMILES string of the molecule is COc1ccc(-c2nccn2C2CCN(C(C)=O)CC2)cc1-c1cc(N)ncn1.O=CO. The Morgan fingerprint density at radius 2 is 1.94 bits per heavy atom. The van der Waals surface area contributed by atoms with Gasteiger partial charge in [-0.2, -0.15) is 0 Å². The Morgan fingerprint density at radius 1 is 1.22 bits per heavy atom. The normalized spacial score (nSPS) is 13.8. The van der Waals surface area contributed by atoms with Gasteiger partial charge >= 0.3 is 0 Å². The van der Waals surface area contributed by atoms with Crippen molar-refractivity contribution in [2.45, 2.75) is 25.8 Å². The first kappa shape index (κ1) is 22.7. The number of likely N-dealkylation sites (tertiary alicyclic amines) is 1. The minimum absolute atomic E-state index is 0.137. The third-order valence-corrected chi connectivity index (χ3v) is 5.39. The van der Waals surface area contributed by atoms with Crippen molar-refractivity contribution in [1.82, 2.24) is 24.4 Å². The van der Waals surface area contributed by atoms with Crippen molar-refractivity contribution in [2.24, 2.45) is 0 Å². The minimum atomic E-state index is -0.250. The Hall–Kier alpha value is -3.95. The second kappa shape index (κ2) is 10.4. The van der Waals surface area contributed by atoms with E-state index in [2.05, 4.69) is 19.5 Å². The molecule has 4 rings (SSSR count). The molecule has 0 spiro atoms. The van der Waals surface area contributed by atoms with Crippen molar-refractivity contribution in [1.29, 1.82) is 0 Å². The molecule has 0 radical (unpaired) electrons. The summed E-state index contributed by atoms with van der Waals surface area (Å²) in [5.74, 6) is 2.14. The molecule has 1 aromatic carbocycles. The van der Waals surface area contributed by atoms with Crippen LogP contribution in [0.5, 0.6) is 5.75 Å². The van der Waals surface area contributed by atoms with Gasteiger partial charge in [0.15, 0.2) is 0 Å². The maximum absolute atomic E-state index is 11.6. The van der Waals surface area contributed by atoms with Crippen LogP contribution in [0.2, 0.25) is 0 Å². The summed E-state index contributed by atoms with van der Waals surface area (Å²) < 4.78 is 7.73. The van der Waals surface area contributed by atoms with Crippen LogP contribution < -0.4 is 10.5 Å². The van der Waals surface area contributed by atoms with E-state index in [0.29, 0.717) is 23.3 Å². The lowest BCUT2D eigenvalue weighted by Gasteiger charge is -2.32. The van der Waals surface area contributed by atoms with Crippen LogP contribution in [0.1, 0.15) is 25.8 Å². The number of imidazole rings is 1. The molecule has 0 aliphatic carbocycles. The number of hydrogen-bond donors (Lipinski definition) is 2. The summed E-state index contributed by atoms with van der Waals surface area (Å²) in [4.78, 5) is 34.8. The van der Waals surface area contributed by atoms with Gasteiger partial charge in [0.25, 0.3) is 6.47 Å². The molecule has 10 heteroatoms. The maximum Gasteiger partial charge on any atom is 0.290 e. The molecule has 1 aliphatic heterocycles. The number of rotatable bonds is 4. The van der Waals surface area contributed by atoms with Crippen molar-refractivity contribution in [2.75, 3.05) is 25.9 Å². The van der Waals surface area contributed by atoms with E-state index in [1.807, 2.05) is 35.5 Å². The molecule has 0 saturated carbocycles. The van der Waals surface area contributed by atoms with E-state index >= 15 is 0 Å². The Bertz CT molecular complexity index is 1080. The summed E-state index contributed by atoms with van der Waals surface area (Å²) in [6.45, 7) is 2.92. The number of piperidine rings is 1. The Kier molecular flexibility index (Phi) is 7.37. The van der Waals surface area contributed by atoms with Crippen molar-refractivity contribution < 1.29 is 19.4 Å². The van der Waals surface area contributed by atoms with Crippen LogP contribution in [0.4, 0.5) is 5.82 Å². The molecule has 1 amide bonds. The fourth-order valence-corrected chi connectivity index (χ4v) is 3.86. The van der Waals surface area contributed by atoms with Crippen LogP contribution >= 0.6 is 0 Å². The molecule has 2 aromatic heterocycles. The summed E-state index contributed by atoms with van der Waals surface area (Å²) in [5, 5.41) is 6.89. The highest BCUT2D eigenvalue weighted by Crippen LogP contribution is 2.35. The van der Waals surface area contributed by atoms with Crippen LogP contribution in [-0.2, 0) is 9.59 Å². The summed E-state index contributed by atoms with van der Waals surface area (Å²) in [5.41, 5.74) is 8.34. The molecule has 1 fully saturated rings. The molecule has 1 aliphatic rings. The molecule has 0 bridgehead atoms. The quantitative estimate of drug-likeness (QED) is 0.593. The zero-order valence-corrected chi connectivity index (χ0v) is 18.0. The second-order valence-electron chi connectivity index (χ2n) is 7.24. The summed E-state index contributed by atoms with van der Waals surface area (Å²) in [7, 11) is 1.63. The highest BCUT2D eigenvalue weighted by molar-refractivity contribution is 5.75. The van der Waals surface area contributed by atoms with E-state index in [0.717, 1.165) is 42.9 Å². The molecular weight excluding hydrogens is 412 g/mol. The van der Waals surface area contributed by atoms with Crippen LogP contribution in [0.25, 0.3) is 22.6 Å². The summed E-state index contributed by atoms with van der Waals surface area (Å²) in [6.07, 6.45) is 7.10. The maximum atomic E-state index is 11.6. The van der Waals surface area contributed by atoms with Crippen LogP contribution in [-0.4, -0.2) is 62.1 Å². The zero-order chi connectivity index (χ0) is 23.1. The second-order valence-corrected chi connectivity index (χ2v) is 7.24. The van der Waals surface area contributed by atoms with E-state index < -0.39 is 0 Å². The summed E-state index contributed by atoms with van der Waals surface area (Å²) in [6, 6.07) is 7.97. The van der Waals surface area contributed by atoms with E-state index in [9.17, 15) is 4.79 Å². The Morgan fingerprint density at radius 3 is 2.56 bits per heavy atom. The molecule has 168 valence electrons. The number of amides is 1. The van der Waals surface area contributed by atoms with Gasteiger partial charge in [0.1, 0.15) is 23.7 Å². The smallest absolute Gasteiger partial charge is 0.290 e. The standard InChI is InChI=1S/C21H24N6O2.CH2O2/c1-14(28)26-8-5-16(6-9-26)27-10-7-23-21(27)15-3-4-19(29-2)17(11-15)18-12-20(22)25-13-24-18;2-1-3/h3-4,7,10-13,16H,5-6,8-9H2,1-2H3,(H2,22,24,25);1H,(H,2,3).